The van der Waals surface area contributed by atoms with Crippen LogP contribution in [0.25, 0.3) is 0 Å². The van der Waals surface area contributed by atoms with Crippen molar-refractivity contribution in [2.24, 2.45) is 5.92 Å². The molecule has 1 rings (SSSR count). The predicted molar refractivity (Wildman–Crippen MR) is 79.3 cm³/mol. The Morgan fingerprint density at radius 3 is 2.05 bits per heavy atom. The third-order valence-corrected chi connectivity index (χ3v) is 2.70. The van der Waals surface area contributed by atoms with Crippen molar-refractivity contribution in [1.82, 2.24) is 15.0 Å². The van der Waals surface area contributed by atoms with Crippen LogP contribution in [-0.2, 0) is 0 Å². The summed E-state index contributed by atoms with van der Waals surface area (Å²) < 4.78 is 11.3. The van der Waals surface area contributed by atoms with Crippen molar-refractivity contribution in [2.75, 3.05) is 11.9 Å². The van der Waals surface area contributed by atoms with Gasteiger partial charge in [-0.3, -0.25) is 0 Å². The van der Waals surface area contributed by atoms with Crippen LogP contribution in [0.4, 0.5) is 5.95 Å². The van der Waals surface area contributed by atoms with Crippen molar-refractivity contribution in [3.63, 3.8) is 0 Å². The molecular formula is C14H26N4O2. The molecule has 1 aromatic heterocycles. The molecule has 1 aromatic rings. The van der Waals surface area contributed by atoms with E-state index in [0.717, 1.165) is 13.0 Å². The van der Waals surface area contributed by atoms with E-state index in [0.29, 0.717) is 23.9 Å². The molecule has 1 atom stereocenters. The van der Waals surface area contributed by atoms with E-state index in [2.05, 4.69) is 41.0 Å². The van der Waals surface area contributed by atoms with Crippen molar-refractivity contribution in [1.29, 1.82) is 0 Å². The van der Waals surface area contributed by atoms with E-state index in [1.54, 1.807) is 0 Å². The topological polar surface area (TPSA) is 69.2 Å². The smallest absolute Gasteiger partial charge is 0.324 e. The molecule has 1 heterocycles. The van der Waals surface area contributed by atoms with Gasteiger partial charge in [0.2, 0.25) is 5.95 Å². The molecule has 0 aliphatic heterocycles. The third-order valence-electron chi connectivity index (χ3n) is 2.70. The fraction of sp³-hybridized carbons (Fsp3) is 0.786. The van der Waals surface area contributed by atoms with Gasteiger partial charge in [0, 0.05) is 6.54 Å². The van der Waals surface area contributed by atoms with Gasteiger partial charge in [-0.05, 0) is 33.1 Å². The zero-order chi connectivity index (χ0) is 15.1. The predicted octanol–water partition coefficient (Wildman–Crippen LogP) is 2.90. The molecule has 0 spiro atoms. The second kappa shape index (κ2) is 7.87. The standard InChI is InChI=1S/C14H26N4O2/c1-7-8-15-12-16-13(19-10(4)5)18-14(17-12)20-11(6)9(2)3/h9-11H,7-8H2,1-6H3,(H,15,16,17,18). The van der Waals surface area contributed by atoms with Gasteiger partial charge in [0.05, 0.1) is 6.10 Å². The lowest BCUT2D eigenvalue weighted by Crippen LogP contribution is -2.21. The minimum Gasteiger partial charge on any atom is -0.461 e. The molecule has 6 heteroatoms. The molecule has 0 saturated heterocycles. The summed E-state index contributed by atoms with van der Waals surface area (Å²) >= 11 is 0. The Kier molecular flexibility index (Phi) is 6.48. The quantitative estimate of drug-likeness (QED) is 0.790. The van der Waals surface area contributed by atoms with Crippen LogP contribution < -0.4 is 14.8 Å². The Hall–Kier alpha value is -1.59. The van der Waals surface area contributed by atoms with E-state index in [1.807, 2.05) is 20.8 Å². The zero-order valence-electron chi connectivity index (χ0n) is 13.3. The molecule has 0 fully saturated rings. The lowest BCUT2D eigenvalue weighted by atomic mass is 10.1. The summed E-state index contributed by atoms with van der Waals surface area (Å²) in [6.45, 7) is 12.9. The maximum Gasteiger partial charge on any atom is 0.324 e. The first-order valence-corrected chi connectivity index (χ1v) is 7.25. The van der Waals surface area contributed by atoms with Crippen LogP contribution >= 0.6 is 0 Å². The average molecular weight is 282 g/mol. The molecule has 6 nitrogen and oxygen atoms in total. The minimum atomic E-state index is 0.00629. The lowest BCUT2D eigenvalue weighted by Gasteiger charge is -2.17. The van der Waals surface area contributed by atoms with Gasteiger partial charge in [-0.15, -0.1) is 4.98 Å². The number of aromatic nitrogens is 3. The molecular weight excluding hydrogens is 256 g/mol. The molecule has 20 heavy (non-hydrogen) atoms. The third kappa shape index (κ3) is 5.59. The van der Waals surface area contributed by atoms with Gasteiger partial charge in [-0.25, -0.2) is 0 Å². The Bertz CT molecular complexity index is 410. The van der Waals surface area contributed by atoms with E-state index in [-0.39, 0.29) is 12.2 Å². The fourth-order valence-electron chi connectivity index (χ4n) is 1.27. The summed E-state index contributed by atoms with van der Waals surface area (Å²) in [5, 5.41) is 3.13. The number of nitrogens with zero attached hydrogens (tertiary/aromatic N) is 3. The van der Waals surface area contributed by atoms with E-state index >= 15 is 0 Å². The van der Waals surface area contributed by atoms with E-state index in [9.17, 15) is 0 Å². The van der Waals surface area contributed by atoms with Gasteiger partial charge in [-0.2, -0.15) is 9.97 Å². The average Bonchev–Trinajstić information content (AvgIpc) is 2.35. The second-order valence-electron chi connectivity index (χ2n) is 5.38. The van der Waals surface area contributed by atoms with Gasteiger partial charge >= 0.3 is 12.0 Å². The highest BCUT2D eigenvalue weighted by Gasteiger charge is 2.14. The maximum atomic E-state index is 5.74. The van der Waals surface area contributed by atoms with Crippen molar-refractivity contribution < 1.29 is 9.47 Å². The van der Waals surface area contributed by atoms with Gasteiger partial charge in [0.15, 0.2) is 0 Å². The Morgan fingerprint density at radius 1 is 0.950 bits per heavy atom. The van der Waals surface area contributed by atoms with Crippen LogP contribution in [-0.4, -0.2) is 33.7 Å². The van der Waals surface area contributed by atoms with E-state index < -0.39 is 0 Å². The van der Waals surface area contributed by atoms with E-state index in [4.69, 9.17) is 9.47 Å². The Balaban J connectivity index is 2.90. The van der Waals surface area contributed by atoms with Crippen LogP contribution in [0.2, 0.25) is 0 Å². The van der Waals surface area contributed by atoms with Gasteiger partial charge in [0.1, 0.15) is 6.10 Å². The summed E-state index contributed by atoms with van der Waals surface area (Å²) in [6.07, 6.45) is 1.03. The Labute approximate surface area is 121 Å². The molecule has 114 valence electrons. The monoisotopic (exact) mass is 282 g/mol. The number of anilines is 1. The molecule has 0 saturated carbocycles. The molecule has 0 bridgehead atoms. The molecule has 0 aliphatic carbocycles. The molecule has 1 unspecified atom stereocenters. The zero-order valence-corrected chi connectivity index (χ0v) is 13.3. The highest BCUT2D eigenvalue weighted by molar-refractivity contribution is 5.27. The van der Waals surface area contributed by atoms with E-state index in [1.165, 1.54) is 0 Å². The van der Waals surface area contributed by atoms with Crippen LogP contribution in [0.1, 0.15) is 48.0 Å². The molecule has 1 N–H and O–H groups in total. The highest BCUT2D eigenvalue weighted by Crippen LogP contribution is 2.17. The maximum absolute atomic E-state index is 5.74. The summed E-state index contributed by atoms with van der Waals surface area (Å²) in [7, 11) is 0. The van der Waals surface area contributed by atoms with Crippen molar-refractivity contribution >= 4 is 5.95 Å². The lowest BCUT2D eigenvalue weighted by molar-refractivity contribution is 0.149. The van der Waals surface area contributed by atoms with Gasteiger partial charge in [0.25, 0.3) is 0 Å². The molecule has 0 radical (unpaired) electrons. The number of nitrogens with one attached hydrogen (secondary N) is 1. The molecule has 0 aromatic carbocycles. The van der Waals surface area contributed by atoms with Crippen LogP contribution in [0, 0.1) is 5.92 Å². The SMILES string of the molecule is CCCNc1nc(OC(C)C)nc(OC(C)C(C)C)n1. The molecule has 0 aliphatic rings. The number of ether oxygens (including phenoxy) is 2. The first-order chi connectivity index (χ1) is 9.42. The number of rotatable bonds is 8. The number of hydrogen-bond acceptors (Lipinski definition) is 6. The fourth-order valence-corrected chi connectivity index (χ4v) is 1.27. The second-order valence-corrected chi connectivity index (χ2v) is 5.38. The van der Waals surface area contributed by atoms with Crippen molar-refractivity contribution in [3.05, 3.63) is 0 Å². The minimum absolute atomic E-state index is 0.00629. The normalized spacial score (nSPS) is 12.6. The van der Waals surface area contributed by atoms with Gasteiger partial charge in [-0.1, -0.05) is 20.8 Å². The van der Waals surface area contributed by atoms with Crippen LogP contribution in [0.5, 0.6) is 12.0 Å². The summed E-state index contributed by atoms with van der Waals surface area (Å²) in [5.41, 5.74) is 0. The van der Waals surface area contributed by atoms with Gasteiger partial charge < -0.3 is 14.8 Å². The first kappa shape index (κ1) is 16.5. The van der Waals surface area contributed by atoms with Crippen LogP contribution in [0.3, 0.4) is 0 Å². The largest absolute Gasteiger partial charge is 0.461 e. The summed E-state index contributed by atoms with van der Waals surface area (Å²) in [4.78, 5) is 12.7. The summed E-state index contributed by atoms with van der Waals surface area (Å²) in [5.74, 6) is 0.872. The van der Waals surface area contributed by atoms with Crippen LogP contribution in [0.15, 0.2) is 0 Å². The molecule has 0 amide bonds. The highest BCUT2D eigenvalue weighted by atomic mass is 16.5. The van der Waals surface area contributed by atoms with Crippen molar-refractivity contribution in [3.8, 4) is 12.0 Å². The summed E-state index contributed by atoms with van der Waals surface area (Å²) in [6, 6.07) is 0.593. The first-order valence-electron chi connectivity index (χ1n) is 7.25. The van der Waals surface area contributed by atoms with Crippen molar-refractivity contribution in [2.45, 2.75) is 60.2 Å². The number of hydrogen-bond donors (Lipinski definition) is 1. The Morgan fingerprint density at radius 2 is 1.55 bits per heavy atom.